The van der Waals surface area contributed by atoms with Crippen LogP contribution in [0.2, 0.25) is 0 Å². The van der Waals surface area contributed by atoms with E-state index in [4.69, 9.17) is 9.90 Å². The van der Waals surface area contributed by atoms with Crippen LogP contribution in [0.5, 0.6) is 0 Å². The SMILES string of the molecule is FC(F)(F)c1ccnc(Nc2ccc(CNC3CCCn4nccc43)cc2)c1.O=C(O)C(F)(F)F. The fourth-order valence-corrected chi connectivity index (χ4v) is 3.40. The minimum Gasteiger partial charge on any atom is -0.475 e. The van der Waals surface area contributed by atoms with Crippen LogP contribution < -0.4 is 10.6 Å². The Hall–Kier alpha value is -3.61. The Balaban J connectivity index is 0.000000429. The first-order valence-corrected chi connectivity index (χ1v) is 10.4. The van der Waals surface area contributed by atoms with E-state index in [0.29, 0.717) is 12.2 Å². The molecule has 2 aromatic heterocycles. The molecule has 3 N–H and O–H groups in total. The number of anilines is 2. The van der Waals surface area contributed by atoms with Gasteiger partial charge < -0.3 is 15.7 Å². The number of aromatic nitrogens is 3. The number of rotatable bonds is 5. The molecule has 13 heteroatoms. The number of benzene rings is 1. The monoisotopic (exact) mass is 501 g/mol. The van der Waals surface area contributed by atoms with Crippen molar-refractivity contribution in [2.45, 2.75) is 44.3 Å². The Morgan fingerprint density at radius 3 is 2.37 bits per heavy atom. The number of aliphatic carboxylic acids is 1. The fourth-order valence-electron chi connectivity index (χ4n) is 3.40. The summed E-state index contributed by atoms with van der Waals surface area (Å²) in [7, 11) is 0. The molecule has 4 rings (SSSR count). The number of pyridine rings is 1. The minimum atomic E-state index is -5.08. The molecule has 1 atom stereocenters. The molecule has 0 amide bonds. The van der Waals surface area contributed by atoms with Crippen molar-refractivity contribution in [3.63, 3.8) is 0 Å². The zero-order valence-corrected chi connectivity index (χ0v) is 18.1. The van der Waals surface area contributed by atoms with Gasteiger partial charge in [0.15, 0.2) is 0 Å². The lowest BCUT2D eigenvalue weighted by Gasteiger charge is -2.24. The molecule has 1 aliphatic rings. The number of carboxylic acids is 1. The summed E-state index contributed by atoms with van der Waals surface area (Å²) in [5.74, 6) is -2.59. The zero-order chi connectivity index (χ0) is 25.6. The van der Waals surface area contributed by atoms with E-state index in [9.17, 15) is 26.3 Å². The molecule has 7 nitrogen and oxygen atoms in total. The molecule has 0 fully saturated rings. The third kappa shape index (κ3) is 7.44. The van der Waals surface area contributed by atoms with E-state index in [-0.39, 0.29) is 11.9 Å². The van der Waals surface area contributed by atoms with Crippen molar-refractivity contribution < 1.29 is 36.2 Å². The molecular formula is C22H21F6N5O2. The predicted molar refractivity (Wildman–Crippen MR) is 114 cm³/mol. The Kier molecular flexibility index (Phi) is 7.99. The molecule has 0 bridgehead atoms. The molecule has 0 spiro atoms. The van der Waals surface area contributed by atoms with Gasteiger partial charge in [-0.25, -0.2) is 9.78 Å². The minimum absolute atomic E-state index is 0.163. The average molecular weight is 501 g/mol. The molecule has 3 aromatic rings. The van der Waals surface area contributed by atoms with Gasteiger partial charge in [-0.15, -0.1) is 0 Å². The van der Waals surface area contributed by atoms with Crippen LogP contribution in [0.3, 0.4) is 0 Å². The number of nitrogens with one attached hydrogen (secondary N) is 2. The van der Waals surface area contributed by atoms with Crippen molar-refractivity contribution in [2.75, 3.05) is 5.32 Å². The van der Waals surface area contributed by atoms with Crippen LogP contribution in [-0.4, -0.2) is 32.0 Å². The summed E-state index contributed by atoms with van der Waals surface area (Å²) in [4.78, 5) is 12.8. The average Bonchev–Trinajstić information content (AvgIpc) is 3.28. The van der Waals surface area contributed by atoms with Gasteiger partial charge in [-0.1, -0.05) is 12.1 Å². The number of carboxylic acid groups (broad SMARTS) is 1. The van der Waals surface area contributed by atoms with Gasteiger partial charge in [0.05, 0.1) is 11.3 Å². The molecule has 0 radical (unpaired) electrons. The number of fused-ring (bicyclic) bond motifs is 1. The van der Waals surface area contributed by atoms with Crippen LogP contribution in [0.25, 0.3) is 0 Å². The zero-order valence-electron chi connectivity index (χ0n) is 18.1. The lowest BCUT2D eigenvalue weighted by Crippen LogP contribution is -2.27. The highest BCUT2D eigenvalue weighted by atomic mass is 19.4. The number of nitrogens with zero attached hydrogens (tertiary/aromatic N) is 3. The second-order valence-electron chi connectivity index (χ2n) is 7.61. The van der Waals surface area contributed by atoms with Gasteiger partial charge in [0.1, 0.15) is 5.82 Å². The first-order valence-electron chi connectivity index (χ1n) is 10.4. The van der Waals surface area contributed by atoms with E-state index >= 15 is 0 Å². The van der Waals surface area contributed by atoms with Crippen molar-refractivity contribution in [2.24, 2.45) is 0 Å². The maximum Gasteiger partial charge on any atom is 0.490 e. The molecular weight excluding hydrogens is 480 g/mol. The smallest absolute Gasteiger partial charge is 0.475 e. The topological polar surface area (TPSA) is 92.1 Å². The van der Waals surface area contributed by atoms with Crippen molar-refractivity contribution in [1.82, 2.24) is 20.1 Å². The lowest BCUT2D eigenvalue weighted by atomic mass is 10.0. The summed E-state index contributed by atoms with van der Waals surface area (Å²) < 4.78 is 72.2. The highest BCUT2D eigenvalue weighted by Gasteiger charge is 2.38. The number of alkyl halides is 6. The second-order valence-corrected chi connectivity index (χ2v) is 7.61. The van der Waals surface area contributed by atoms with Crippen molar-refractivity contribution >= 4 is 17.5 Å². The number of halogens is 6. The third-order valence-electron chi connectivity index (χ3n) is 5.08. The summed E-state index contributed by atoms with van der Waals surface area (Å²) >= 11 is 0. The molecule has 1 aromatic carbocycles. The van der Waals surface area contributed by atoms with Crippen LogP contribution in [0.15, 0.2) is 54.9 Å². The van der Waals surface area contributed by atoms with Crippen LogP contribution in [-0.2, 0) is 24.1 Å². The van der Waals surface area contributed by atoms with Gasteiger partial charge in [-0.05, 0) is 48.7 Å². The molecule has 188 valence electrons. The number of aryl methyl sites for hydroxylation is 1. The normalized spacial score (nSPS) is 15.5. The van der Waals surface area contributed by atoms with Gasteiger partial charge in [-0.3, -0.25) is 4.68 Å². The second kappa shape index (κ2) is 10.8. The molecule has 0 saturated carbocycles. The third-order valence-corrected chi connectivity index (χ3v) is 5.08. The Morgan fingerprint density at radius 1 is 1.06 bits per heavy atom. The maximum absolute atomic E-state index is 12.8. The van der Waals surface area contributed by atoms with E-state index in [2.05, 4.69) is 20.7 Å². The van der Waals surface area contributed by atoms with E-state index in [0.717, 1.165) is 43.3 Å². The fraction of sp³-hybridized carbons (Fsp3) is 0.318. The predicted octanol–water partition coefficient (Wildman–Crippen LogP) is 5.30. The lowest BCUT2D eigenvalue weighted by molar-refractivity contribution is -0.192. The van der Waals surface area contributed by atoms with Gasteiger partial charge >= 0.3 is 18.3 Å². The van der Waals surface area contributed by atoms with Gasteiger partial charge in [0.2, 0.25) is 0 Å². The summed E-state index contributed by atoms with van der Waals surface area (Å²) in [6.07, 6.45) is -4.31. The van der Waals surface area contributed by atoms with Gasteiger partial charge in [-0.2, -0.15) is 31.4 Å². The molecule has 3 heterocycles. The Labute approximate surface area is 195 Å². The van der Waals surface area contributed by atoms with E-state index in [1.54, 1.807) is 0 Å². The number of carbonyl (C=O) groups is 1. The highest BCUT2D eigenvalue weighted by Crippen LogP contribution is 2.30. The Morgan fingerprint density at radius 2 is 1.74 bits per heavy atom. The maximum atomic E-state index is 12.8. The molecule has 0 aliphatic carbocycles. The Bertz CT molecular complexity index is 1130. The first kappa shape index (κ1) is 26.0. The quantitative estimate of drug-likeness (QED) is 0.411. The summed E-state index contributed by atoms with van der Waals surface area (Å²) in [6.45, 7) is 1.67. The van der Waals surface area contributed by atoms with Crippen LogP contribution in [0.4, 0.5) is 37.8 Å². The van der Waals surface area contributed by atoms with Crippen molar-refractivity contribution in [3.8, 4) is 0 Å². The van der Waals surface area contributed by atoms with Crippen LogP contribution in [0, 0.1) is 0 Å². The molecule has 1 aliphatic heterocycles. The van der Waals surface area contributed by atoms with Crippen molar-refractivity contribution in [1.29, 1.82) is 0 Å². The summed E-state index contributed by atoms with van der Waals surface area (Å²) in [5.41, 5.74) is 2.27. The van der Waals surface area contributed by atoms with E-state index < -0.39 is 23.9 Å². The van der Waals surface area contributed by atoms with E-state index in [1.165, 1.54) is 5.69 Å². The van der Waals surface area contributed by atoms with Crippen LogP contribution >= 0.6 is 0 Å². The van der Waals surface area contributed by atoms with Gasteiger partial charge in [0.25, 0.3) is 0 Å². The van der Waals surface area contributed by atoms with E-state index in [1.807, 2.05) is 41.2 Å². The standard InChI is InChI=1S/C20H20F3N5.C2HF3O2/c21-20(22,23)15-7-9-24-19(12-15)27-16-5-3-14(4-6-16)13-25-17-2-1-11-28-18(17)8-10-26-28;3-2(4,5)1(6)7/h3-10,12,17,25H,1-2,11,13H2,(H,24,27);(H,6,7). The highest BCUT2D eigenvalue weighted by molar-refractivity contribution is 5.73. The first-order chi connectivity index (χ1) is 16.4. The number of hydrogen-bond donors (Lipinski definition) is 3. The largest absolute Gasteiger partial charge is 0.490 e. The van der Waals surface area contributed by atoms with Gasteiger partial charge in [0, 0.05) is 37.2 Å². The molecule has 1 unspecified atom stereocenters. The number of hydrogen-bond acceptors (Lipinski definition) is 5. The summed E-state index contributed by atoms with van der Waals surface area (Å²) in [5, 5.41) is 17.9. The molecule has 35 heavy (non-hydrogen) atoms. The molecule has 0 saturated heterocycles. The van der Waals surface area contributed by atoms with Crippen LogP contribution in [0.1, 0.15) is 35.7 Å². The summed E-state index contributed by atoms with van der Waals surface area (Å²) in [6, 6.07) is 11.9. The van der Waals surface area contributed by atoms with Crippen molar-refractivity contribution in [3.05, 3.63) is 71.7 Å².